The fourth-order valence-corrected chi connectivity index (χ4v) is 3.33. The monoisotopic (exact) mass is 317 g/mol. The quantitative estimate of drug-likeness (QED) is 0.862. The van der Waals surface area contributed by atoms with E-state index >= 15 is 0 Å². The maximum atomic E-state index is 12.4. The number of halogens is 2. The standard InChI is InChI=1S/C14H19N3O.2ClH/c1-9-3-2-6-16-13(9)14(18)17-7-10-4-5-12(15)11(10)8-17;;/h2-3,6,10-12H,4-5,7-8,15H2,1H3;2*1H. The molecule has 0 bridgehead atoms. The molecule has 1 saturated heterocycles. The van der Waals surface area contributed by atoms with Gasteiger partial charge in [0, 0.05) is 25.3 Å². The normalized spacial score (nSPS) is 27.5. The topological polar surface area (TPSA) is 59.2 Å². The molecular weight excluding hydrogens is 297 g/mol. The Balaban J connectivity index is 0.000001000. The first-order valence-corrected chi connectivity index (χ1v) is 6.63. The number of carbonyl (C=O) groups is 1. The maximum absolute atomic E-state index is 12.4. The second kappa shape index (κ2) is 6.74. The van der Waals surface area contributed by atoms with Gasteiger partial charge in [0.2, 0.25) is 0 Å². The van der Waals surface area contributed by atoms with Crippen LogP contribution < -0.4 is 5.73 Å². The van der Waals surface area contributed by atoms with Crippen molar-refractivity contribution in [3.05, 3.63) is 29.6 Å². The number of hydrogen-bond donors (Lipinski definition) is 1. The molecular formula is C14H21Cl2N3O. The number of aryl methyl sites for hydroxylation is 1. The Bertz CT molecular complexity index is 483. The molecule has 3 atom stereocenters. The van der Waals surface area contributed by atoms with E-state index in [1.54, 1.807) is 6.20 Å². The van der Waals surface area contributed by atoms with Crippen LogP contribution in [0.4, 0.5) is 0 Å². The fourth-order valence-electron chi connectivity index (χ4n) is 3.33. The first-order chi connectivity index (χ1) is 8.66. The van der Waals surface area contributed by atoms with Gasteiger partial charge < -0.3 is 10.6 Å². The average molecular weight is 318 g/mol. The molecule has 3 unspecified atom stereocenters. The van der Waals surface area contributed by atoms with Gasteiger partial charge in [0.25, 0.3) is 5.91 Å². The largest absolute Gasteiger partial charge is 0.337 e. The summed E-state index contributed by atoms with van der Waals surface area (Å²) in [5, 5.41) is 0. The lowest BCUT2D eigenvalue weighted by Gasteiger charge is -2.19. The van der Waals surface area contributed by atoms with E-state index in [0.717, 1.165) is 31.5 Å². The van der Waals surface area contributed by atoms with E-state index in [1.165, 1.54) is 0 Å². The van der Waals surface area contributed by atoms with E-state index in [4.69, 9.17) is 5.73 Å². The minimum atomic E-state index is 0. The average Bonchev–Trinajstić information content (AvgIpc) is 2.92. The first-order valence-electron chi connectivity index (χ1n) is 6.63. The van der Waals surface area contributed by atoms with Gasteiger partial charge in [-0.25, -0.2) is 0 Å². The van der Waals surface area contributed by atoms with Crippen molar-refractivity contribution >= 4 is 30.7 Å². The smallest absolute Gasteiger partial charge is 0.272 e. The number of carbonyl (C=O) groups excluding carboxylic acids is 1. The fraction of sp³-hybridized carbons (Fsp3) is 0.571. The van der Waals surface area contributed by atoms with Gasteiger partial charge in [0.1, 0.15) is 5.69 Å². The highest BCUT2D eigenvalue weighted by atomic mass is 35.5. The number of amides is 1. The van der Waals surface area contributed by atoms with Crippen molar-refractivity contribution in [2.24, 2.45) is 17.6 Å². The van der Waals surface area contributed by atoms with Crippen molar-refractivity contribution in [2.45, 2.75) is 25.8 Å². The highest BCUT2D eigenvalue weighted by Crippen LogP contribution is 2.37. The van der Waals surface area contributed by atoms with Crippen molar-refractivity contribution in [1.82, 2.24) is 9.88 Å². The molecule has 1 amide bonds. The van der Waals surface area contributed by atoms with Crippen LogP contribution in [0.5, 0.6) is 0 Å². The van der Waals surface area contributed by atoms with Crippen molar-refractivity contribution < 1.29 is 4.79 Å². The predicted molar refractivity (Wildman–Crippen MR) is 83.6 cm³/mol. The van der Waals surface area contributed by atoms with E-state index < -0.39 is 0 Å². The van der Waals surface area contributed by atoms with Gasteiger partial charge in [-0.05, 0) is 43.2 Å². The van der Waals surface area contributed by atoms with Crippen LogP contribution in [0, 0.1) is 18.8 Å². The Labute approximate surface area is 131 Å². The summed E-state index contributed by atoms with van der Waals surface area (Å²) in [4.78, 5) is 18.6. The molecule has 2 heterocycles. The number of rotatable bonds is 1. The lowest BCUT2D eigenvalue weighted by molar-refractivity contribution is 0.0773. The number of likely N-dealkylation sites (tertiary alicyclic amines) is 1. The van der Waals surface area contributed by atoms with Crippen molar-refractivity contribution in [3.63, 3.8) is 0 Å². The summed E-state index contributed by atoms with van der Waals surface area (Å²) in [5.74, 6) is 1.17. The number of fused-ring (bicyclic) bond motifs is 1. The molecule has 6 heteroatoms. The number of hydrogen-bond acceptors (Lipinski definition) is 3. The summed E-state index contributed by atoms with van der Waals surface area (Å²) in [6.07, 6.45) is 3.96. The van der Waals surface area contributed by atoms with Gasteiger partial charge in [-0.2, -0.15) is 0 Å². The summed E-state index contributed by atoms with van der Waals surface area (Å²) in [6, 6.07) is 4.07. The molecule has 2 aliphatic rings. The Morgan fingerprint density at radius 1 is 1.35 bits per heavy atom. The lowest BCUT2D eigenvalue weighted by atomic mass is 9.98. The predicted octanol–water partition coefficient (Wildman–Crippen LogP) is 2.04. The molecule has 4 nitrogen and oxygen atoms in total. The van der Waals surface area contributed by atoms with Gasteiger partial charge in [-0.1, -0.05) is 6.07 Å². The Morgan fingerprint density at radius 3 is 2.75 bits per heavy atom. The highest BCUT2D eigenvalue weighted by molar-refractivity contribution is 5.93. The van der Waals surface area contributed by atoms with E-state index in [0.29, 0.717) is 17.5 Å². The Kier molecular flexibility index (Phi) is 5.80. The minimum Gasteiger partial charge on any atom is -0.337 e. The molecule has 20 heavy (non-hydrogen) atoms. The van der Waals surface area contributed by atoms with Crippen LogP contribution in [0.1, 0.15) is 28.9 Å². The molecule has 0 spiro atoms. The second-order valence-electron chi connectivity index (χ2n) is 5.54. The molecule has 112 valence electrons. The van der Waals surface area contributed by atoms with Crippen LogP contribution >= 0.6 is 24.8 Å². The SMILES string of the molecule is Cc1cccnc1C(=O)N1CC2CCC(N)C2C1.Cl.Cl. The Morgan fingerprint density at radius 2 is 2.10 bits per heavy atom. The summed E-state index contributed by atoms with van der Waals surface area (Å²) >= 11 is 0. The molecule has 3 rings (SSSR count). The zero-order valence-electron chi connectivity index (χ0n) is 11.5. The third-order valence-electron chi connectivity index (χ3n) is 4.41. The zero-order chi connectivity index (χ0) is 12.7. The molecule has 1 aliphatic heterocycles. The van der Waals surface area contributed by atoms with Crippen molar-refractivity contribution in [3.8, 4) is 0 Å². The number of pyridine rings is 1. The van der Waals surface area contributed by atoms with Crippen LogP contribution in [0.3, 0.4) is 0 Å². The van der Waals surface area contributed by atoms with Crippen molar-refractivity contribution in [2.75, 3.05) is 13.1 Å². The number of nitrogens with zero attached hydrogens (tertiary/aromatic N) is 2. The van der Waals surface area contributed by atoms with Crippen molar-refractivity contribution in [1.29, 1.82) is 0 Å². The van der Waals surface area contributed by atoms with Crippen LogP contribution in [-0.4, -0.2) is 34.9 Å². The molecule has 1 saturated carbocycles. The molecule has 2 N–H and O–H groups in total. The molecule has 1 aromatic heterocycles. The molecule has 2 fully saturated rings. The van der Waals surface area contributed by atoms with E-state index in [2.05, 4.69) is 4.98 Å². The summed E-state index contributed by atoms with van der Waals surface area (Å²) in [5.41, 5.74) is 7.63. The lowest BCUT2D eigenvalue weighted by Crippen LogP contribution is -2.34. The third kappa shape index (κ3) is 2.92. The van der Waals surface area contributed by atoms with Crippen LogP contribution in [0.2, 0.25) is 0 Å². The zero-order valence-corrected chi connectivity index (χ0v) is 13.1. The van der Waals surface area contributed by atoms with Gasteiger partial charge in [0.15, 0.2) is 0 Å². The van der Waals surface area contributed by atoms with Gasteiger partial charge in [-0.15, -0.1) is 24.8 Å². The summed E-state index contributed by atoms with van der Waals surface area (Å²) in [6.45, 7) is 3.59. The molecule has 1 aromatic rings. The molecule has 0 aromatic carbocycles. The van der Waals surface area contributed by atoms with E-state index in [-0.39, 0.29) is 36.8 Å². The van der Waals surface area contributed by atoms with E-state index in [1.807, 2.05) is 24.0 Å². The summed E-state index contributed by atoms with van der Waals surface area (Å²) < 4.78 is 0. The van der Waals surface area contributed by atoms with Crippen LogP contribution in [0.15, 0.2) is 18.3 Å². The first kappa shape index (κ1) is 17.2. The summed E-state index contributed by atoms with van der Waals surface area (Å²) in [7, 11) is 0. The minimum absolute atomic E-state index is 0. The third-order valence-corrected chi connectivity index (χ3v) is 4.41. The van der Waals surface area contributed by atoms with Crippen LogP contribution in [0.25, 0.3) is 0 Å². The maximum Gasteiger partial charge on any atom is 0.272 e. The molecule has 0 radical (unpaired) electrons. The van der Waals surface area contributed by atoms with Gasteiger partial charge >= 0.3 is 0 Å². The molecule has 1 aliphatic carbocycles. The second-order valence-corrected chi connectivity index (χ2v) is 5.54. The number of nitrogens with two attached hydrogens (primary N) is 1. The Hall–Kier alpha value is -0.840. The van der Waals surface area contributed by atoms with Crippen LogP contribution in [-0.2, 0) is 0 Å². The number of aromatic nitrogens is 1. The van der Waals surface area contributed by atoms with E-state index in [9.17, 15) is 4.79 Å². The highest BCUT2D eigenvalue weighted by Gasteiger charge is 2.42. The van der Waals surface area contributed by atoms with Gasteiger partial charge in [-0.3, -0.25) is 9.78 Å². The van der Waals surface area contributed by atoms with Gasteiger partial charge in [0.05, 0.1) is 0 Å².